The number of pyridine rings is 1. The van der Waals surface area contributed by atoms with Crippen molar-refractivity contribution in [3.8, 4) is 0 Å². The molecule has 8 heteroatoms. The van der Waals surface area contributed by atoms with Crippen LogP contribution < -0.4 is 16.6 Å². The molecule has 1 heterocycles. The molecule has 16 heavy (non-hydrogen) atoms. The topological polar surface area (TPSA) is 114 Å². The van der Waals surface area contributed by atoms with Gasteiger partial charge in [-0.1, -0.05) is 11.6 Å². The van der Waals surface area contributed by atoms with E-state index in [1.54, 1.807) is 0 Å². The summed E-state index contributed by atoms with van der Waals surface area (Å²) in [7, 11) is 0. The smallest absolute Gasteiger partial charge is 0.327 e. The minimum absolute atomic E-state index is 0.175. The van der Waals surface area contributed by atoms with E-state index in [-0.39, 0.29) is 10.7 Å². The molecule has 0 aliphatic carbocycles. The second kappa shape index (κ2) is 5.08. The summed E-state index contributed by atoms with van der Waals surface area (Å²) < 4.78 is 0. The molecular weight excluding hydrogens is 236 g/mol. The number of carbonyl (C=O) groups excluding carboxylic acids is 3. The SMILES string of the molecule is NC(=O)C(=O)NNC(=O)c1ccc(Cl)nc1. The normalized spacial score (nSPS) is 9.31. The first-order chi connectivity index (χ1) is 7.50. The quantitative estimate of drug-likeness (QED) is 0.332. The maximum Gasteiger partial charge on any atom is 0.327 e. The van der Waals surface area contributed by atoms with Crippen molar-refractivity contribution >= 4 is 29.3 Å². The summed E-state index contributed by atoms with van der Waals surface area (Å²) in [6.07, 6.45) is 1.22. The molecule has 7 nitrogen and oxygen atoms in total. The van der Waals surface area contributed by atoms with E-state index in [0.717, 1.165) is 0 Å². The Hall–Kier alpha value is -2.15. The number of carbonyl (C=O) groups is 3. The zero-order valence-corrected chi connectivity index (χ0v) is 8.62. The van der Waals surface area contributed by atoms with Gasteiger partial charge in [0.05, 0.1) is 5.56 Å². The second-order valence-electron chi connectivity index (χ2n) is 2.64. The molecule has 0 aliphatic heterocycles. The Morgan fingerprint density at radius 3 is 2.44 bits per heavy atom. The van der Waals surface area contributed by atoms with Crippen molar-refractivity contribution in [2.75, 3.05) is 0 Å². The molecule has 0 saturated heterocycles. The Balaban J connectivity index is 2.56. The highest BCUT2D eigenvalue weighted by atomic mass is 35.5. The number of hydrogen-bond acceptors (Lipinski definition) is 4. The highest BCUT2D eigenvalue weighted by Gasteiger charge is 2.10. The van der Waals surface area contributed by atoms with Crippen LogP contribution in [0, 0.1) is 0 Å². The number of halogens is 1. The largest absolute Gasteiger partial charge is 0.361 e. The van der Waals surface area contributed by atoms with Crippen LogP contribution in [0.2, 0.25) is 5.15 Å². The van der Waals surface area contributed by atoms with E-state index in [0.29, 0.717) is 0 Å². The fourth-order valence-corrected chi connectivity index (χ4v) is 0.869. The van der Waals surface area contributed by atoms with Crippen molar-refractivity contribution in [1.29, 1.82) is 0 Å². The van der Waals surface area contributed by atoms with Crippen LogP contribution in [0.1, 0.15) is 10.4 Å². The summed E-state index contributed by atoms with van der Waals surface area (Å²) in [5.41, 5.74) is 8.62. The van der Waals surface area contributed by atoms with Gasteiger partial charge in [0.25, 0.3) is 5.91 Å². The summed E-state index contributed by atoms with van der Waals surface area (Å²) in [6.45, 7) is 0. The molecule has 0 spiro atoms. The number of nitrogens with two attached hydrogens (primary N) is 1. The molecule has 0 bridgehead atoms. The molecule has 0 saturated carbocycles. The Morgan fingerprint density at radius 2 is 1.94 bits per heavy atom. The molecule has 0 radical (unpaired) electrons. The molecule has 84 valence electrons. The van der Waals surface area contributed by atoms with Crippen molar-refractivity contribution < 1.29 is 14.4 Å². The first-order valence-electron chi connectivity index (χ1n) is 4.02. The summed E-state index contributed by atoms with van der Waals surface area (Å²) in [4.78, 5) is 36.0. The average molecular weight is 243 g/mol. The predicted molar refractivity (Wildman–Crippen MR) is 54.1 cm³/mol. The molecule has 0 fully saturated rings. The van der Waals surface area contributed by atoms with Crippen LogP contribution in [0.5, 0.6) is 0 Å². The number of hydrogen-bond donors (Lipinski definition) is 3. The standard InChI is InChI=1S/C8H7ClN4O3/c9-5-2-1-4(3-11-5)7(15)12-13-8(16)6(10)14/h1-3H,(H2,10,14)(H,12,15)(H,13,16). The third-order valence-electron chi connectivity index (χ3n) is 1.50. The summed E-state index contributed by atoms with van der Waals surface area (Å²) >= 11 is 5.51. The van der Waals surface area contributed by atoms with Crippen molar-refractivity contribution in [3.05, 3.63) is 29.0 Å². The fourth-order valence-electron chi connectivity index (χ4n) is 0.757. The Bertz CT molecular complexity index is 431. The molecular formula is C8H7ClN4O3. The van der Waals surface area contributed by atoms with E-state index in [4.69, 9.17) is 11.6 Å². The Morgan fingerprint density at radius 1 is 1.25 bits per heavy atom. The van der Waals surface area contributed by atoms with Gasteiger partial charge in [0, 0.05) is 6.20 Å². The number of rotatable bonds is 1. The van der Waals surface area contributed by atoms with Gasteiger partial charge in [0.15, 0.2) is 0 Å². The van der Waals surface area contributed by atoms with Crippen molar-refractivity contribution in [2.45, 2.75) is 0 Å². The van der Waals surface area contributed by atoms with Gasteiger partial charge in [-0.05, 0) is 12.1 Å². The van der Waals surface area contributed by atoms with Gasteiger partial charge in [-0.15, -0.1) is 0 Å². The van der Waals surface area contributed by atoms with Crippen molar-refractivity contribution in [3.63, 3.8) is 0 Å². The van der Waals surface area contributed by atoms with Gasteiger partial charge in [0.2, 0.25) is 0 Å². The summed E-state index contributed by atoms with van der Waals surface area (Å²) in [5, 5.41) is 0.234. The van der Waals surface area contributed by atoms with Crippen molar-refractivity contribution in [2.24, 2.45) is 5.73 Å². The lowest BCUT2D eigenvalue weighted by Gasteiger charge is -2.04. The molecule has 1 aromatic rings. The lowest BCUT2D eigenvalue weighted by atomic mass is 10.3. The van der Waals surface area contributed by atoms with E-state index in [1.807, 2.05) is 10.9 Å². The molecule has 1 aromatic heterocycles. The first kappa shape index (κ1) is 11.9. The third-order valence-corrected chi connectivity index (χ3v) is 1.73. The molecule has 0 aliphatic rings. The third kappa shape index (κ3) is 3.21. The van der Waals surface area contributed by atoms with Crippen LogP contribution in [0.15, 0.2) is 18.3 Å². The van der Waals surface area contributed by atoms with E-state index in [9.17, 15) is 14.4 Å². The predicted octanol–water partition coefficient (Wildman–Crippen LogP) is -1.02. The lowest BCUT2D eigenvalue weighted by molar-refractivity contribution is -0.137. The maximum atomic E-state index is 11.3. The summed E-state index contributed by atoms with van der Waals surface area (Å²) in [5.74, 6) is -2.96. The monoisotopic (exact) mass is 242 g/mol. The lowest BCUT2D eigenvalue weighted by Crippen LogP contribution is -2.47. The van der Waals surface area contributed by atoms with Gasteiger partial charge in [0.1, 0.15) is 5.15 Å². The fraction of sp³-hybridized carbons (Fsp3) is 0. The number of hydrazine groups is 1. The number of nitrogens with zero attached hydrogens (tertiary/aromatic N) is 1. The van der Waals surface area contributed by atoms with E-state index in [2.05, 4.69) is 10.7 Å². The number of nitrogens with one attached hydrogen (secondary N) is 2. The van der Waals surface area contributed by atoms with Gasteiger partial charge < -0.3 is 5.73 Å². The Kier molecular flexibility index (Phi) is 3.78. The Labute approximate surface area is 94.9 Å². The van der Waals surface area contributed by atoms with Gasteiger partial charge >= 0.3 is 11.8 Å². The van der Waals surface area contributed by atoms with Crippen LogP contribution in [-0.4, -0.2) is 22.7 Å². The van der Waals surface area contributed by atoms with E-state index < -0.39 is 17.7 Å². The summed E-state index contributed by atoms with van der Waals surface area (Å²) in [6, 6.07) is 2.81. The highest BCUT2D eigenvalue weighted by Crippen LogP contribution is 2.04. The number of primary amides is 1. The van der Waals surface area contributed by atoms with Gasteiger partial charge in [-0.2, -0.15) is 0 Å². The second-order valence-corrected chi connectivity index (χ2v) is 3.03. The minimum atomic E-state index is -1.20. The zero-order chi connectivity index (χ0) is 12.1. The maximum absolute atomic E-state index is 11.3. The van der Waals surface area contributed by atoms with Crippen molar-refractivity contribution in [1.82, 2.24) is 15.8 Å². The molecule has 0 atom stereocenters. The van der Waals surface area contributed by atoms with Crippen LogP contribution in [0.4, 0.5) is 0 Å². The molecule has 4 N–H and O–H groups in total. The number of aromatic nitrogens is 1. The first-order valence-corrected chi connectivity index (χ1v) is 4.40. The molecule has 1 rings (SSSR count). The van der Waals surface area contributed by atoms with Crippen LogP contribution in [0.25, 0.3) is 0 Å². The average Bonchev–Trinajstić information content (AvgIpc) is 2.26. The molecule has 0 aromatic carbocycles. The van der Waals surface area contributed by atoms with Crippen LogP contribution in [0.3, 0.4) is 0 Å². The van der Waals surface area contributed by atoms with E-state index >= 15 is 0 Å². The van der Waals surface area contributed by atoms with Crippen LogP contribution in [-0.2, 0) is 9.59 Å². The zero-order valence-electron chi connectivity index (χ0n) is 7.86. The van der Waals surface area contributed by atoms with Crippen LogP contribution >= 0.6 is 11.6 Å². The van der Waals surface area contributed by atoms with E-state index in [1.165, 1.54) is 18.3 Å². The minimum Gasteiger partial charge on any atom is -0.361 e. The highest BCUT2D eigenvalue weighted by molar-refractivity contribution is 6.34. The number of amides is 3. The van der Waals surface area contributed by atoms with Gasteiger partial charge in [-0.3, -0.25) is 25.2 Å². The van der Waals surface area contributed by atoms with Gasteiger partial charge in [-0.25, -0.2) is 4.98 Å². The molecule has 3 amide bonds. The molecule has 0 unspecified atom stereocenters.